The van der Waals surface area contributed by atoms with Gasteiger partial charge in [-0.3, -0.25) is 0 Å². The topological polar surface area (TPSA) is 20.2 Å². The molecule has 0 bridgehead atoms. The summed E-state index contributed by atoms with van der Waals surface area (Å²) in [7, 11) is 0. The summed E-state index contributed by atoms with van der Waals surface area (Å²) in [5.41, 5.74) is 6.20. The molecule has 0 fully saturated rings. The lowest BCUT2D eigenvalue weighted by Crippen LogP contribution is -2.39. The SMILES string of the molecule is CCn1cc(CN(C(=S)Nc2ccc(C)c(C)c2)C(C)C)c2ccccc21. The van der Waals surface area contributed by atoms with Gasteiger partial charge >= 0.3 is 0 Å². The first kappa shape index (κ1) is 19.4. The summed E-state index contributed by atoms with van der Waals surface area (Å²) in [6, 6.07) is 15.3. The second-order valence-electron chi connectivity index (χ2n) is 7.41. The van der Waals surface area contributed by atoms with Crippen LogP contribution in [0.2, 0.25) is 0 Å². The van der Waals surface area contributed by atoms with E-state index in [2.05, 4.69) is 98.1 Å². The molecule has 0 saturated carbocycles. The summed E-state index contributed by atoms with van der Waals surface area (Å²) in [6.07, 6.45) is 2.26. The number of thiocarbonyl (C=S) groups is 1. The third kappa shape index (κ3) is 4.16. The third-order valence-electron chi connectivity index (χ3n) is 5.19. The molecule has 27 heavy (non-hydrogen) atoms. The van der Waals surface area contributed by atoms with Crippen LogP contribution in [0.4, 0.5) is 5.69 Å². The summed E-state index contributed by atoms with van der Waals surface area (Å²) in [4.78, 5) is 2.26. The van der Waals surface area contributed by atoms with Crippen molar-refractivity contribution in [1.82, 2.24) is 9.47 Å². The van der Waals surface area contributed by atoms with Crippen molar-refractivity contribution in [2.75, 3.05) is 5.32 Å². The van der Waals surface area contributed by atoms with Crippen LogP contribution >= 0.6 is 12.2 Å². The van der Waals surface area contributed by atoms with Crippen LogP contribution in [0.1, 0.15) is 37.5 Å². The van der Waals surface area contributed by atoms with E-state index >= 15 is 0 Å². The molecule has 1 heterocycles. The lowest BCUT2D eigenvalue weighted by molar-refractivity contribution is 0.349. The molecule has 0 amide bonds. The standard InChI is InChI=1S/C23H29N3S/c1-6-25-14-19(21-9-7-8-10-22(21)25)15-26(16(2)3)23(27)24-20-12-11-17(4)18(5)13-20/h7-14,16H,6,15H2,1-5H3,(H,24,27). The Labute approximate surface area is 168 Å². The number of fused-ring (bicyclic) bond motifs is 1. The second kappa shape index (κ2) is 8.13. The summed E-state index contributed by atoms with van der Waals surface area (Å²) in [5.74, 6) is 0. The summed E-state index contributed by atoms with van der Waals surface area (Å²) >= 11 is 5.77. The maximum atomic E-state index is 5.77. The summed E-state index contributed by atoms with van der Waals surface area (Å²) in [6.45, 7) is 12.6. The lowest BCUT2D eigenvalue weighted by Gasteiger charge is -2.29. The van der Waals surface area contributed by atoms with E-state index in [1.165, 1.54) is 27.6 Å². The molecular formula is C23H29N3S. The Balaban J connectivity index is 1.86. The summed E-state index contributed by atoms with van der Waals surface area (Å²) < 4.78 is 2.31. The Morgan fingerprint density at radius 2 is 1.85 bits per heavy atom. The summed E-state index contributed by atoms with van der Waals surface area (Å²) in [5, 5.41) is 5.50. The third-order valence-corrected chi connectivity index (χ3v) is 5.53. The van der Waals surface area contributed by atoms with Crippen molar-refractivity contribution in [1.29, 1.82) is 0 Å². The fraction of sp³-hybridized carbons (Fsp3) is 0.348. The first-order chi connectivity index (χ1) is 12.9. The van der Waals surface area contributed by atoms with Gasteiger partial charge in [-0.2, -0.15) is 0 Å². The number of aryl methyl sites for hydroxylation is 3. The lowest BCUT2D eigenvalue weighted by atomic mass is 10.1. The van der Waals surface area contributed by atoms with Crippen LogP contribution in [-0.2, 0) is 13.1 Å². The van der Waals surface area contributed by atoms with E-state index in [1.54, 1.807) is 0 Å². The Bertz CT molecular complexity index is 955. The Hall–Kier alpha value is -2.33. The monoisotopic (exact) mass is 379 g/mol. The quantitative estimate of drug-likeness (QED) is 0.559. The van der Waals surface area contributed by atoms with Gasteiger partial charge < -0.3 is 14.8 Å². The molecule has 0 aliphatic carbocycles. The molecule has 0 spiro atoms. The van der Waals surface area contributed by atoms with E-state index in [9.17, 15) is 0 Å². The molecule has 3 rings (SSSR count). The molecule has 2 aromatic carbocycles. The van der Waals surface area contributed by atoms with Crippen molar-refractivity contribution in [3.63, 3.8) is 0 Å². The van der Waals surface area contributed by atoms with Gasteiger partial charge in [0.15, 0.2) is 5.11 Å². The van der Waals surface area contributed by atoms with Crippen molar-refractivity contribution in [2.24, 2.45) is 0 Å². The maximum absolute atomic E-state index is 5.77. The smallest absolute Gasteiger partial charge is 0.173 e. The number of nitrogens with one attached hydrogen (secondary N) is 1. The number of aromatic nitrogens is 1. The van der Waals surface area contributed by atoms with Crippen LogP contribution in [-0.4, -0.2) is 20.6 Å². The number of hydrogen-bond donors (Lipinski definition) is 1. The van der Waals surface area contributed by atoms with E-state index in [0.717, 1.165) is 23.9 Å². The van der Waals surface area contributed by atoms with Crippen LogP contribution in [0.3, 0.4) is 0 Å². The number of para-hydroxylation sites is 1. The first-order valence-electron chi connectivity index (χ1n) is 9.62. The van der Waals surface area contributed by atoms with Crippen LogP contribution in [0.5, 0.6) is 0 Å². The predicted octanol–water partition coefficient (Wildman–Crippen LogP) is 5.89. The van der Waals surface area contributed by atoms with Gasteiger partial charge in [0.1, 0.15) is 0 Å². The van der Waals surface area contributed by atoms with Crippen LogP contribution in [0.25, 0.3) is 10.9 Å². The van der Waals surface area contributed by atoms with Gasteiger partial charge in [0, 0.05) is 41.9 Å². The van der Waals surface area contributed by atoms with E-state index in [1.807, 2.05) is 0 Å². The van der Waals surface area contributed by atoms with Crippen molar-refractivity contribution in [3.8, 4) is 0 Å². The molecule has 0 atom stereocenters. The highest BCUT2D eigenvalue weighted by Gasteiger charge is 2.17. The molecular weight excluding hydrogens is 350 g/mol. The van der Waals surface area contributed by atoms with Gasteiger partial charge in [-0.1, -0.05) is 24.3 Å². The Morgan fingerprint density at radius 1 is 1.11 bits per heavy atom. The fourth-order valence-corrected chi connectivity index (χ4v) is 3.79. The number of benzene rings is 2. The molecule has 142 valence electrons. The Kier molecular flexibility index (Phi) is 5.85. The van der Waals surface area contributed by atoms with E-state index in [0.29, 0.717) is 6.04 Å². The number of nitrogens with zero attached hydrogens (tertiary/aromatic N) is 2. The van der Waals surface area contributed by atoms with Gasteiger partial charge in [-0.15, -0.1) is 0 Å². The fourth-order valence-electron chi connectivity index (χ4n) is 3.40. The van der Waals surface area contributed by atoms with E-state index < -0.39 is 0 Å². The molecule has 3 aromatic rings. The predicted molar refractivity (Wildman–Crippen MR) is 120 cm³/mol. The van der Waals surface area contributed by atoms with Gasteiger partial charge in [-0.25, -0.2) is 0 Å². The molecule has 0 aliphatic heterocycles. The zero-order valence-corrected chi connectivity index (χ0v) is 17.7. The van der Waals surface area contributed by atoms with Gasteiger partial charge in [0.05, 0.1) is 0 Å². The minimum atomic E-state index is 0.306. The van der Waals surface area contributed by atoms with Crippen molar-refractivity contribution < 1.29 is 0 Å². The van der Waals surface area contributed by atoms with Crippen molar-refractivity contribution in [2.45, 2.75) is 53.8 Å². The molecule has 0 unspecified atom stereocenters. The van der Waals surface area contributed by atoms with Gasteiger partial charge in [-0.05, 0) is 81.7 Å². The number of hydrogen-bond acceptors (Lipinski definition) is 1. The van der Waals surface area contributed by atoms with Crippen molar-refractivity contribution in [3.05, 3.63) is 65.4 Å². The highest BCUT2D eigenvalue weighted by molar-refractivity contribution is 7.80. The zero-order chi connectivity index (χ0) is 19.6. The van der Waals surface area contributed by atoms with Gasteiger partial charge in [0.2, 0.25) is 0 Å². The largest absolute Gasteiger partial charge is 0.347 e. The zero-order valence-electron chi connectivity index (χ0n) is 16.9. The minimum Gasteiger partial charge on any atom is -0.347 e. The maximum Gasteiger partial charge on any atom is 0.173 e. The second-order valence-corrected chi connectivity index (χ2v) is 7.80. The Morgan fingerprint density at radius 3 is 2.52 bits per heavy atom. The van der Waals surface area contributed by atoms with Crippen LogP contribution in [0, 0.1) is 13.8 Å². The molecule has 1 N–H and O–H groups in total. The minimum absolute atomic E-state index is 0.306. The number of rotatable bonds is 5. The average molecular weight is 380 g/mol. The molecule has 4 heteroatoms. The normalized spacial score (nSPS) is 11.2. The van der Waals surface area contributed by atoms with Crippen LogP contribution < -0.4 is 5.32 Å². The van der Waals surface area contributed by atoms with E-state index in [-0.39, 0.29) is 0 Å². The average Bonchev–Trinajstić information content (AvgIpc) is 3.00. The van der Waals surface area contributed by atoms with E-state index in [4.69, 9.17) is 12.2 Å². The first-order valence-corrected chi connectivity index (χ1v) is 10.0. The van der Waals surface area contributed by atoms with Gasteiger partial charge in [0.25, 0.3) is 0 Å². The van der Waals surface area contributed by atoms with Crippen LogP contribution in [0.15, 0.2) is 48.7 Å². The van der Waals surface area contributed by atoms with Crippen molar-refractivity contribution >= 4 is 33.9 Å². The highest BCUT2D eigenvalue weighted by atomic mass is 32.1. The number of anilines is 1. The highest BCUT2D eigenvalue weighted by Crippen LogP contribution is 2.24. The molecule has 0 aliphatic rings. The molecule has 0 saturated heterocycles. The molecule has 3 nitrogen and oxygen atoms in total. The molecule has 0 radical (unpaired) electrons. The molecule has 1 aromatic heterocycles.